The quantitative estimate of drug-likeness (QED) is 0.680. The smallest absolute Gasteiger partial charge is 0.237 e. The highest BCUT2D eigenvalue weighted by Gasteiger charge is 2.20. The molecule has 2 unspecified atom stereocenters. The van der Waals surface area contributed by atoms with Crippen LogP contribution in [0.5, 0.6) is 0 Å². The fourth-order valence-electron chi connectivity index (χ4n) is 1.33. The monoisotopic (exact) mass is 218 g/mol. The Balaban J connectivity index is 2.18. The summed E-state index contributed by atoms with van der Waals surface area (Å²) < 4.78 is 4.87. The fraction of sp³-hybridized carbons (Fsp3) is 0.889. The van der Waals surface area contributed by atoms with Crippen molar-refractivity contribution in [3.05, 3.63) is 0 Å². The van der Waals surface area contributed by atoms with E-state index in [4.69, 9.17) is 10.5 Å². The number of methoxy groups -OCH3 is 1. The summed E-state index contributed by atoms with van der Waals surface area (Å²) in [4.78, 5) is 11.5. The molecule has 1 saturated heterocycles. The van der Waals surface area contributed by atoms with Crippen LogP contribution in [0.3, 0.4) is 0 Å². The predicted molar refractivity (Wildman–Crippen MR) is 58.3 cm³/mol. The number of amides is 1. The first-order valence-electron chi connectivity index (χ1n) is 4.86. The first kappa shape index (κ1) is 11.8. The SMILES string of the molecule is COCCC(N)C(=O)NC1CCSC1. The molecule has 0 aromatic carbocycles. The first-order chi connectivity index (χ1) is 6.74. The maximum absolute atomic E-state index is 11.5. The topological polar surface area (TPSA) is 64.3 Å². The minimum absolute atomic E-state index is 0.0467. The van der Waals surface area contributed by atoms with E-state index in [1.165, 1.54) is 0 Å². The zero-order valence-corrected chi connectivity index (χ0v) is 9.31. The molecule has 1 heterocycles. The van der Waals surface area contributed by atoms with Crippen molar-refractivity contribution < 1.29 is 9.53 Å². The summed E-state index contributed by atoms with van der Waals surface area (Å²) in [5, 5.41) is 2.95. The van der Waals surface area contributed by atoms with Crippen LogP contribution in [0.15, 0.2) is 0 Å². The van der Waals surface area contributed by atoms with Crippen molar-refractivity contribution in [1.82, 2.24) is 5.32 Å². The summed E-state index contributed by atoms with van der Waals surface area (Å²) in [6.07, 6.45) is 1.65. The Labute approximate surface area is 88.9 Å². The molecule has 2 atom stereocenters. The van der Waals surface area contributed by atoms with Crippen molar-refractivity contribution in [2.45, 2.75) is 24.9 Å². The summed E-state index contributed by atoms with van der Waals surface area (Å²) in [6.45, 7) is 0.536. The molecule has 1 fully saturated rings. The number of rotatable bonds is 5. The third-order valence-electron chi connectivity index (χ3n) is 2.25. The van der Waals surface area contributed by atoms with E-state index >= 15 is 0 Å². The molecule has 0 aromatic heterocycles. The van der Waals surface area contributed by atoms with Gasteiger partial charge < -0.3 is 15.8 Å². The van der Waals surface area contributed by atoms with Gasteiger partial charge in [-0.2, -0.15) is 11.8 Å². The Morgan fingerprint density at radius 3 is 3.14 bits per heavy atom. The average Bonchev–Trinajstić information content (AvgIpc) is 2.66. The molecule has 5 heteroatoms. The van der Waals surface area contributed by atoms with Gasteiger partial charge in [0.2, 0.25) is 5.91 Å². The summed E-state index contributed by atoms with van der Waals surface area (Å²) in [7, 11) is 1.61. The molecule has 0 aliphatic carbocycles. The normalized spacial score (nSPS) is 23.4. The highest BCUT2D eigenvalue weighted by atomic mass is 32.2. The molecule has 0 bridgehead atoms. The Bertz CT molecular complexity index is 184. The van der Waals surface area contributed by atoms with Crippen LogP contribution in [0.25, 0.3) is 0 Å². The van der Waals surface area contributed by atoms with Crippen LogP contribution in [-0.4, -0.2) is 43.2 Å². The van der Waals surface area contributed by atoms with E-state index in [2.05, 4.69) is 5.32 Å². The Hall–Kier alpha value is -0.260. The first-order valence-corrected chi connectivity index (χ1v) is 6.02. The molecular weight excluding hydrogens is 200 g/mol. The summed E-state index contributed by atoms with van der Waals surface area (Å²) in [6, 6.07) is -0.110. The lowest BCUT2D eigenvalue weighted by Crippen LogP contribution is -2.45. The Morgan fingerprint density at radius 2 is 2.57 bits per heavy atom. The highest BCUT2D eigenvalue weighted by Crippen LogP contribution is 2.16. The third kappa shape index (κ3) is 3.86. The van der Waals surface area contributed by atoms with Gasteiger partial charge in [-0.15, -0.1) is 0 Å². The van der Waals surface area contributed by atoms with Crippen molar-refractivity contribution >= 4 is 17.7 Å². The van der Waals surface area contributed by atoms with Crippen LogP contribution in [0.4, 0.5) is 0 Å². The summed E-state index contributed by atoms with van der Waals surface area (Å²) >= 11 is 1.87. The number of nitrogens with one attached hydrogen (secondary N) is 1. The lowest BCUT2D eigenvalue weighted by molar-refractivity contribution is -0.123. The van der Waals surface area contributed by atoms with Crippen molar-refractivity contribution in [2.24, 2.45) is 5.73 Å². The number of carbonyl (C=O) groups is 1. The van der Waals surface area contributed by atoms with Gasteiger partial charge in [0.05, 0.1) is 6.04 Å². The van der Waals surface area contributed by atoms with E-state index in [0.717, 1.165) is 17.9 Å². The van der Waals surface area contributed by atoms with E-state index in [1.54, 1.807) is 7.11 Å². The Morgan fingerprint density at radius 1 is 1.79 bits per heavy atom. The molecule has 0 spiro atoms. The molecule has 1 rings (SSSR count). The zero-order valence-electron chi connectivity index (χ0n) is 8.49. The van der Waals surface area contributed by atoms with E-state index in [0.29, 0.717) is 19.1 Å². The minimum atomic E-state index is -0.430. The van der Waals surface area contributed by atoms with Gasteiger partial charge in [0.25, 0.3) is 0 Å². The minimum Gasteiger partial charge on any atom is -0.385 e. The van der Waals surface area contributed by atoms with Gasteiger partial charge in [0.1, 0.15) is 0 Å². The number of carbonyl (C=O) groups excluding carboxylic acids is 1. The largest absolute Gasteiger partial charge is 0.385 e. The molecule has 1 aliphatic heterocycles. The Kier molecular flexibility index (Phi) is 5.29. The predicted octanol–water partition coefficient (Wildman–Crippen LogP) is -0.0281. The van der Waals surface area contributed by atoms with Crippen molar-refractivity contribution in [3.8, 4) is 0 Å². The molecule has 4 nitrogen and oxygen atoms in total. The lowest BCUT2D eigenvalue weighted by atomic mass is 10.2. The number of hydrogen-bond donors (Lipinski definition) is 2. The van der Waals surface area contributed by atoms with Gasteiger partial charge in [-0.25, -0.2) is 0 Å². The molecular formula is C9H18N2O2S. The van der Waals surface area contributed by atoms with E-state index in [-0.39, 0.29) is 5.91 Å². The molecule has 3 N–H and O–H groups in total. The van der Waals surface area contributed by atoms with E-state index in [1.807, 2.05) is 11.8 Å². The van der Waals surface area contributed by atoms with E-state index in [9.17, 15) is 4.79 Å². The zero-order chi connectivity index (χ0) is 10.4. The molecule has 0 radical (unpaired) electrons. The summed E-state index contributed by atoms with van der Waals surface area (Å²) in [5.74, 6) is 2.11. The highest BCUT2D eigenvalue weighted by molar-refractivity contribution is 7.99. The van der Waals surface area contributed by atoms with Gasteiger partial charge in [-0.3, -0.25) is 4.79 Å². The van der Waals surface area contributed by atoms with Crippen LogP contribution in [0.1, 0.15) is 12.8 Å². The van der Waals surface area contributed by atoms with Crippen molar-refractivity contribution in [1.29, 1.82) is 0 Å². The van der Waals surface area contributed by atoms with Gasteiger partial charge in [-0.05, 0) is 18.6 Å². The molecule has 0 aromatic rings. The molecule has 1 amide bonds. The standard InChI is InChI=1S/C9H18N2O2S/c1-13-4-2-8(10)9(12)11-7-3-5-14-6-7/h7-8H,2-6,10H2,1H3,(H,11,12). The van der Waals surface area contributed by atoms with Crippen molar-refractivity contribution in [2.75, 3.05) is 25.2 Å². The maximum Gasteiger partial charge on any atom is 0.237 e. The third-order valence-corrected chi connectivity index (χ3v) is 3.41. The molecule has 82 valence electrons. The molecule has 14 heavy (non-hydrogen) atoms. The van der Waals surface area contributed by atoms with Crippen LogP contribution in [0.2, 0.25) is 0 Å². The number of ether oxygens (including phenoxy) is 1. The maximum atomic E-state index is 11.5. The van der Waals surface area contributed by atoms with Crippen LogP contribution < -0.4 is 11.1 Å². The number of nitrogens with two attached hydrogens (primary N) is 1. The number of hydrogen-bond acceptors (Lipinski definition) is 4. The van der Waals surface area contributed by atoms with Gasteiger partial charge in [-0.1, -0.05) is 0 Å². The lowest BCUT2D eigenvalue weighted by Gasteiger charge is -2.15. The van der Waals surface area contributed by atoms with Crippen molar-refractivity contribution in [3.63, 3.8) is 0 Å². The number of thioether (sulfide) groups is 1. The van der Waals surface area contributed by atoms with Gasteiger partial charge >= 0.3 is 0 Å². The average molecular weight is 218 g/mol. The summed E-state index contributed by atoms with van der Waals surface area (Å²) in [5.41, 5.74) is 5.68. The molecule has 0 saturated carbocycles. The second-order valence-electron chi connectivity index (χ2n) is 3.46. The van der Waals surface area contributed by atoms with Crippen LogP contribution in [0, 0.1) is 0 Å². The fourth-order valence-corrected chi connectivity index (χ4v) is 2.48. The molecule has 1 aliphatic rings. The van der Waals surface area contributed by atoms with Gasteiger partial charge in [0.15, 0.2) is 0 Å². The van der Waals surface area contributed by atoms with Crippen LogP contribution >= 0.6 is 11.8 Å². The van der Waals surface area contributed by atoms with Gasteiger partial charge in [0, 0.05) is 25.5 Å². The second-order valence-corrected chi connectivity index (χ2v) is 4.61. The second kappa shape index (κ2) is 6.27. The van der Waals surface area contributed by atoms with Crippen LogP contribution in [-0.2, 0) is 9.53 Å². The van der Waals surface area contributed by atoms with E-state index < -0.39 is 6.04 Å².